The normalized spacial score (nSPS) is 18.6. The van der Waals surface area contributed by atoms with Gasteiger partial charge in [0.1, 0.15) is 5.01 Å². The van der Waals surface area contributed by atoms with Gasteiger partial charge in [0.2, 0.25) is 0 Å². The van der Waals surface area contributed by atoms with Gasteiger partial charge in [-0.25, -0.2) is 4.98 Å². The number of nitrogens with one attached hydrogen (secondary N) is 1. The molecule has 0 bridgehead atoms. The Labute approximate surface area is 117 Å². The average molecular weight is 276 g/mol. The van der Waals surface area contributed by atoms with Gasteiger partial charge < -0.3 is 5.32 Å². The zero-order valence-electron chi connectivity index (χ0n) is 11.7. The van der Waals surface area contributed by atoms with Crippen molar-refractivity contribution in [3.05, 3.63) is 22.5 Å². The fraction of sp³-hybridized carbons (Fsp3) is 0.571. The lowest BCUT2D eigenvalue weighted by atomic mass is 9.98. The first-order chi connectivity index (χ1) is 9.20. The second kappa shape index (κ2) is 5.06. The SMILES string of the molecule is CCNC1CCCc2nc(-c3cnn(C)c3C)sc21. The van der Waals surface area contributed by atoms with Crippen LogP contribution in [0, 0.1) is 6.92 Å². The first-order valence-electron chi connectivity index (χ1n) is 6.92. The van der Waals surface area contributed by atoms with Gasteiger partial charge in [-0.1, -0.05) is 6.92 Å². The van der Waals surface area contributed by atoms with Crippen LogP contribution < -0.4 is 5.32 Å². The third-order valence-corrected chi connectivity index (χ3v) is 5.11. The highest BCUT2D eigenvalue weighted by atomic mass is 32.1. The van der Waals surface area contributed by atoms with E-state index in [1.807, 2.05) is 29.3 Å². The summed E-state index contributed by atoms with van der Waals surface area (Å²) in [5.74, 6) is 0. The standard InChI is InChI=1S/C14H20N4S/c1-4-15-11-6-5-7-12-13(11)19-14(17-12)10-8-16-18(3)9(10)2/h8,11,15H,4-7H2,1-3H3. The summed E-state index contributed by atoms with van der Waals surface area (Å²) in [5.41, 5.74) is 3.66. The van der Waals surface area contributed by atoms with Gasteiger partial charge >= 0.3 is 0 Å². The van der Waals surface area contributed by atoms with Crippen molar-refractivity contribution in [3.63, 3.8) is 0 Å². The van der Waals surface area contributed by atoms with Gasteiger partial charge in [0.15, 0.2) is 0 Å². The summed E-state index contributed by atoms with van der Waals surface area (Å²) in [4.78, 5) is 6.29. The zero-order valence-corrected chi connectivity index (χ0v) is 12.5. The van der Waals surface area contributed by atoms with Crippen LogP contribution in [-0.4, -0.2) is 21.3 Å². The lowest BCUT2D eigenvalue weighted by Gasteiger charge is -2.21. The molecule has 0 spiro atoms. The van der Waals surface area contributed by atoms with Crippen LogP contribution in [0.25, 0.3) is 10.6 Å². The molecule has 0 radical (unpaired) electrons. The highest BCUT2D eigenvalue weighted by molar-refractivity contribution is 7.15. The Balaban J connectivity index is 1.99. The molecule has 4 nitrogen and oxygen atoms in total. The number of nitrogens with zero attached hydrogens (tertiary/aromatic N) is 3. The fourth-order valence-electron chi connectivity index (χ4n) is 2.68. The highest BCUT2D eigenvalue weighted by Gasteiger charge is 2.25. The smallest absolute Gasteiger partial charge is 0.127 e. The van der Waals surface area contributed by atoms with E-state index in [0.29, 0.717) is 6.04 Å². The quantitative estimate of drug-likeness (QED) is 0.937. The molecule has 19 heavy (non-hydrogen) atoms. The van der Waals surface area contributed by atoms with E-state index in [1.54, 1.807) is 0 Å². The van der Waals surface area contributed by atoms with Gasteiger partial charge in [0.05, 0.1) is 17.5 Å². The molecule has 2 aromatic heterocycles. The van der Waals surface area contributed by atoms with Crippen molar-refractivity contribution in [2.75, 3.05) is 6.54 Å². The minimum absolute atomic E-state index is 0.497. The molecule has 1 unspecified atom stereocenters. The minimum atomic E-state index is 0.497. The average Bonchev–Trinajstić information content (AvgIpc) is 2.96. The van der Waals surface area contributed by atoms with Crippen molar-refractivity contribution in [1.29, 1.82) is 0 Å². The molecular weight excluding hydrogens is 256 g/mol. The number of aromatic nitrogens is 3. The van der Waals surface area contributed by atoms with Crippen molar-refractivity contribution in [3.8, 4) is 10.6 Å². The number of fused-ring (bicyclic) bond motifs is 1. The van der Waals surface area contributed by atoms with E-state index in [4.69, 9.17) is 4.98 Å². The topological polar surface area (TPSA) is 42.7 Å². The molecule has 102 valence electrons. The van der Waals surface area contributed by atoms with E-state index in [9.17, 15) is 0 Å². The summed E-state index contributed by atoms with van der Waals surface area (Å²) in [5, 5.41) is 9.02. The summed E-state index contributed by atoms with van der Waals surface area (Å²) in [6.45, 7) is 5.29. The van der Waals surface area contributed by atoms with Crippen LogP contribution in [0.1, 0.15) is 42.1 Å². The summed E-state index contributed by atoms with van der Waals surface area (Å²) in [6.07, 6.45) is 5.52. The Morgan fingerprint density at radius 1 is 1.53 bits per heavy atom. The molecule has 2 heterocycles. The van der Waals surface area contributed by atoms with Crippen LogP contribution in [0.15, 0.2) is 6.20 Å². The maximum Gasteiger partial charge on any atom is 0.127 e. The van der Waals surface area contributed by atoms with E-state index >= 15 is 0 Å². The van der Waals surface area contributed by atoms with Crippen LogP contribution in [-0.2, 0) is 13.5 Å². The Bertz CT molecular complexity index is 584. The number of rotatable bonds is 3. The van der Waals surface area contributed by atoms with Crippen LogP contribution in [0.5, 0.6) is 0 Å². The molecule has 0 aromatic carbocycles. The maximum atomic E-state index is 4.85. The van der Waals surface area contributed by atoms with Crippen molar-refractivity contribution in [2.45, 2.75) is 39.2 Å². The van der Waals surface area contributed by atoms with E-state index in [-0.39, 0.29) is 0 Å². The first kappa shape index (κ1) is 12.8. The molecule has 0 saturated heterocycles. The molecule has 1 N–H and O–H groups in total. The molecule has 2 aromatic rings. The molecule has 5 heteroatoms. The maximum absolute atomic E-state index is 4.85. The predicted molar refractivity (Wildman–Crippen MR) is 78.4 cm³/mol. The summed E-state index contributed by atoms with van der Waals surface area (Å²) < 4.78 is 1.91. The van der Waals surface area contributed by atoms with Gasteiger partial charge in [0, 0.05) is 23.7 Å². The van der Waals surface area contributed by atoms with Crippen molar-refractivity contribution >= 4 is 11.3 Å². The number of hydrogen-bond donors (Lipinski definition) is 1. The molecule has 0 amide bonds. The number of hydrogen-bond acceptors (Lipinski definition) is 4. The van der Waals surface area contributed by atoms with Crippen LogP contribution in [0.2, 0.25) is 0 Å². The van der Waals surface area contributed by atoms with E-state index in [1.165, 1.54) is 34.7 Å². The van der Waals surface area contributed by atoms with Crippen LogP contribution in [0.4, 0.5) is 0 Å². The second-order valence-electron chi connectivity index (χ2n) is 5.10. The largest absolute Gasteiger partial charge is 0.309 e. The summed E-state index contributed by atoms with van der Waals surface area (Å²) >= 11 is 1.84. The minimum Gasteiger partial charge on any atom is -0.309 e. The molecule has 1 aliphatic rings. The van der Waals surface area contributed by atoms with Crippen molar-refractivity contribution < 1.29 is 0 Å². The predicted octanol–water partition coefficient (Wildman–Crippen LogP) is 2.84. The van der Waals surface area contributed by atoms with E-state index in [0.717, 1.165) is 18.0 Å². The van der Waals surface area contributed by atoms with E-state index < -0.39 is 0 Å². The molecule has 1 aliphatic carbocycles. The molecular formula is C14H20N4S. The monoisotopic (exact) mass is 276 g/mol. The van der Waals surface area contributed by atoms with Gasteiger partial charge in [-0.2, -0.15) is 5.10 Å². The molecule has 0 aliphatic heterocycles. The van der Waals surface area contributed by atoms with Crippen molar-refractivity contribution in [2.24, 2.45) is 7.05 Å². The second-order valence-corrected chi connectivity index (χ2v) is 6.13. The van der Waals surface area contributed by atoms with E-state index in [2.05, 4.69) is 24.3 Å². The fourth-order valence-corrected chi connectivity index (χ4v) is 3.97. The molecule has 0 fully saturated rings. The Hall–Kier alpha value is -1.20. The highest BCUT2D eigenvalue weighted by Crippen LogP contribution is 2.38. The third kappa shape index (κ3) is 2.21. The Kier molecular flexibility index (Phi) is 3.41. The summed E-state index contributed by atoms with van der Waals surface area (Å²) in [7, 11) is 1.98. The summed E-state index contributed by atoms with van der Waals surface area (Å²) in [6, 6.07) is 0.497. The molecule has 1 atom stereocenters. The van der Waals surface area contributed by atoms with Gasteiger partial charge in [-0.3, -0.25) is 4.68 Å². The molecule has 0 saturated carbocycles. The first-order valence-corrected chi connectivity index (χ1v) is 7.74. The number of aryl methyl sites for hydroxylation is 2. The van der Waals surface area contributed by atoms with Crippen LogP contribution >= 0.6 is 11.3 Å². The number of thiazole rings is 1. The zero-order chi connectivity index (χ0) is 13.4. The lowest BCUT2D eigenvalue weighted by Crippen LogP contribution is -2.23. The Morgan fingerprint density at radius 3 is 3.05 bits per heavy atom. The van der Waals surface area contributed by atoms with Gasteiger partial charge in [0.25, 0.3) is 0 Å². The Morgan fingerprint density at radius 2 is 2.37 bits per heavy atom. The van der Waals surface area contributed by atoms with Gasteiger partial charge in [-0.15, -0.1) is 11.3 Å². The van der Waals surface area contributed by atoms with Crippen molar-refractivity contribution in [1.82, 2.24) is 20.1 Å². The van der Waals surface area contributed by atoms with Crippen LogP contribution in [0.3, 0.4) is 0 Å². The third-order valence-electron chi connectivity index (χ3n) is 3.87. The molecule has 3 rings (SSSR count). The van der Waals surface area contributed by atoms with Gasteiger partial charge in [-0.05, 0) is 32.7 Å². The lowest BCUT2D eigenvalue weighted by molar-refractivity contribution is 0.476.